The molecule has 1 atom stereocenters. The molecule has 168 valence electrons. The summed E-state index contributed by atoms with van der Waals surface area (Å²) in [5, 5.41) is -0.321. The normalized spacial score (nSPS) is 12.3. The number of carbonyl (C=O) groups is 1. The molecule has 0 aliphatic heterocycles. The predicted molar refractivity (Wildman–Crippen MR) is 124 cm³/mol. The summed E-state index contributed by atoms with van der Waals surface area (Å²) in [6, 6.07) is 7.45. The van der Waals surface area contributed by atoms with Gasteiger partial charge in [0.2, 0.25) is 0 Å². The van der Waals surface area contributed by atoms with Crippen molar-refractivity contribution in [3.05, 3.63) is 48.2 Å². The van der Waals surface area contributed by atoms with E-state index in [4.69, 9.17) is 5.73 Å². The highest BCUT2D eigenvalue weighted by Gasteiger charge is 2.25. The van der Waals surface area contributed by atoms with Gasteiger partial charge in [0.1, 0.15) is 11.6 Å². The van der Waals surface area contributed by atoms with Crippen molar-refractivity contribution < 1.29 is 13.2 Å². The zero-order valence-electron chi connectivity index (χ0n) is 18.6. The van der Waals surface area contributed by atoms with Gasteiger partial charge in [-0.25, -0.2) is 14.7 Å². The number of nitrogens with zero attached hydrogens (tertiary/aromatic N) is 3. The second kappa shape index (κ2) is 10.4. The Balaban J connectivity index is 2.44. The molecule has 0 saturated heterocycles. The molecular formula is C22H31N5O3S. The molecule has 2 aromatic rings. The number of amides is 1. The predicted octanol–water partition coefficient (Wildman–Crippen LogP) is 3.47. The van der Waals surface area contributed by atoms with Gasteiger partial charge in [0.25, 0.3) is 15.9 Å². The van der Waals surface area contributed by atoms with E-state index in [0.29, 0.717) is 30.5 Å². The van der Waals surface area contributed by atoms with Crippen LogP contribution in [0.25, 0.3) is 5.57 Å². The highest BCUT2D eigenvalue weighted by molar-refractivity contribution is 7.90. The summed E-state index contributed by atoms with van der Waals surface area (Å²) in [7, 11) is -4.19. The number of nitrogens with two attached hydrogens (primary N) is 1. The molecule has 1 amide bonds. The second-order valence-corrected chi connectivity index (χ2v) is 9.25. The van der Waals surface area contributed by atoms with Gasteiger partial charge in [0.05, 0.1) is 11.3 Å². The fraction of sp³-hybridized carbons (Fsp3) is 0.409. The number of nitrogens with one attached hydrogen (secondary N) is 1. The maximum Gasteiger partial charge on any atom is 0.281 e. The van der Waals surface area contributed by atoms with Crippen LogP contribution in [0.1, 0.15) is 56.6 Å². The number of rotatable bonds is 10. The van der Waals surface area contributed by atoms with Crippen molar-refractivity contribution in [2.24, 2.45) is 5.92 Å². The Hall–Kier alpha value is -2.94. The van der Waals surface area contributed by atoms with E-state index >= 15 is 0 Å². The van der Waals surface area contributed by atoms with Gasteiger partial charge < -0.3 is 10.6 Å². The number of nitrogen functional groups attached to an aromatic ring is 1. The van der Waals surface area contributed by atoms with E-state index in [2.05, 4.69) is 35.1 Å². The molecule has 0 spiro atoms. The summed E-state index contributed by atoms with van der Waals surface area (Å²) in [6.45, 7) is 13.3. The third-order valence-electron chi connectivity index (χ3n) is 4.80. The number of pyridine rings is 2. The molecule has 3 N–H and O–H groups in total. The minimum absolute atomic E-state index is 0.0468. The smallest absolute Gasteiger partial charge is 0.281 e. The van der Waals surface area contributed by atoms with Crippen LogP contribution in [0, 0.1) is 5.92 Å². The molecule has 0 aliphatic carbocycles. The lowest BCUT2D eigenvalue weighted by molar-refractivity contribution is 0.0981. The highest BCUT2D eigenvalue weighted by Crippen LogP contribution is 2.24. The Morgan fingerprint density at radius 3 is 2.52 bits per heavy atom. The van der Waals surface area contributed by atoms with Gasteiger partial charge in [-0.15, -0.1) is 0 Å². The largest absolute Gasteiger partial charge is 0.384 e. The first kappa shape index (κ1) is 24.3. The molecular weight excluding hydrogens is 414 g/mol. The lowest BCUT2D eigenvalue weighted by Gasteiger charge is -2.27. The highest BCUT2D eigenvalue weighted by atomic mass is 32.2. The van der Waals surface area contributed by atoms with E-state index in [1.54, 1.807) is 12.1 Å². The number of hydrogen-bond donors (Lipinski definition) is 2. The molecule has 8 nitrogen and oxygen atoms in total. The van der Waals surface area contributed by atoms with E-state index in [1.165, 1.54) is 18.2 Å². The zero-order chi connectivity index (χ0) is 23.2. The fourth-order valence-electron chi connectivity index (χ4n) is 3.24. The standard InChI is InChI=1S/C22H31N5O3S/c1-6-9-16(5)14-27(7-2)21-17(12-13-18(24-21)15(3)4)22(28)26-31(29,30)20-11-8-10-19(23)25-20/h8,10-13,16H,3,6-7,9,14H2,1-2,4-5H3,(H2,23,25)(H,26,28)/t16-/m0/s1. The maximum atomic E-state index is 13.0. The summed E-state index contributed by atoms with van der Waals surface area (Å²) < 4.78 is 27.4. The van der Waals surface area contributed by atoms with Gasteiger partial charge in [-0.05, 0) is 56.0 Å². The molecule has 31 heavy (non-hydrogen) atoms. The van der Waals surface area contributed by atoms with Crippen LogP contribution in [-0.2, 0) is 10.0 Å². The lowest BCUT2D eigenvalue weighted by Crippen LogP contribution is -2.35. The molecule has 0 aliphatic rings. The van der Waals surface area contributed by atoms with E-state index in [9.17, 15) is 13.2 Å². The van der Waals surface area contributed by atoms with Gasteiger partial charge in [-0.2, -0.15) is 8.42 Å². The molecule has 0 unspecified atom stereocenters. The van der Waals surface area contributed by atoms with Crippen LogP contribution in [0.5, 0.6) is 0 Å². The number of aromatic nitrogens is 2. The Morgan fingerprint density at radius 1 is 1.23 bits per heavy atom. The molecule has 2 aromatic heterocycles. The first-order chi connectivity index (χ1) is 14.6. The number of allylic oxidation sites excluding steroid dienone is 1. The van der Waals surface area contributed by atoms with Gasteiger partial charge in [-0.3, -0.25) is 4.79 Å². The fourth-order valence-corrected chi connectivity index (χ4v) is 4.18. The van der Waals surface area contributed by atoms with Crippen LogP contribution in [0.3, 0.4) is 0 Å². The van der Waals surface area contributed by atoms with Gasteiger partial charge >= 0.3 is 0 Å². The molecule has 0 aromatic carbocycles. The average molecular weight is 446 g/mol. The van der Waals surface area contributed by atoms with Crippen LogP contribution in [-0.4, -0.2) is 37.4 Å². The van der Waals surface area contributed by atoms with Crippen molar-refractivity contribution in [3.63, 3.8) is 0 Å². The third-order valence-corrected chi connectivity index (χ3v) is 6.03. The summed E-state index contributed by atoms with van der Waals surface area (Å²) in [5.74, 6) is 0.0858. The minimum Gasteiger partial charge on any atom is -0.384 e. The number of sulfonamides is 1. The molecule has 2 heterocycles. The first-order valence-electron chi connectivity index (χ1n) is 10.3. The van der Waals surface area contributed by atoms with Gasteiger partial charge in [-0.1, -0.05) is 32.9 Å². The summed E-state index contributed by atoms with van der Waals surface area (Å²) in [4.78, 5) is 23.4. The van der Waals surface area contributed by atoms with Crippen molar-refractivity contribution in [1.82, 2.24) is 14.7 Å². The number of carbonyl (C=O) groups excluding carboxylic acids is 1. The Morgan fingerprint density at radius 2 is 1.94 bits per heavy atom. The summed E-state index contributed by atoms with van der Waals surface area (Å²) in [6.07, 6.45) is 2.09. The average Bonchev–Trinajstić information content (AvgIpc) is 2.71. The monoisotopic (exact) mass is 445 g/mol. The number of hydrogen-bond acceptors (Lipinski definition) is 7. The van der Waals surface area contributed by atoms with Crippen molar-refractivity contribution in [2.75, 3.05) is 23.7 Å². The molecule has 0 fully saturated rings. The Kier molecular flexibility index (Phi) is 8.15. The van der Waals surface area contributed by atoms with E-state index in [1.807, 2.05) is 18.7 Å². The summed E-state index contributed by atoms with van der Waals surface area (Å²) >= 11 is 0. The SMILES string of the molecule is C=C(C)c1ccc(C(=O)NS(=O)(=O)c2cccc(N)n2)c(N(CC)C[C@@H](C)CCC)n1. The zero-order valence-corrected chi connectivity index (χ0v) is 19.4. The molecule has 2 rings (SSSR count). The molecule has 0 bridgehead atoms. The van der Waals surface area contributed by atoms with E-state index in [0.717, 1.165) is 18.4 Å². The van der Waals surface area contributed by atoms with Crippen molar-refractivity contribution in [2.45, 2.75) is 45.6 Å². The van der Waals surface area contributed by atoms with Crippen molar-refractivity contribution in [1.29, 1.82) is 0 Å². The first-order valence-corrected chi connectivity index (χ1v) is 11.8. The Bertz CT molecular complexity index is 1050. The lowest BCUT2D eigenvalue weighted by atomic mass is 10.0. The van der Waals surface area contributed by atoms with Crippen LogP contribution in [0.4, 0.5) is 11.6 Å². The van der Waals surface area contributed by atoms with Crippen LogP contribution in [0.15, 0.2) is 41.9 Å². The van der Waals surface area contributed by atoms with Crippen LogP contribution >= 0.6 is 0 Å². The van der Waals surface area contributed by atoms with Crippen molar-refractivity contribution >= 4 is 33.1 Å². The second-order valence-electron chi connectivity index (χ2n) is 7.62. The third kappa shape index (κ3) is 6.27. The van der Waals surface area contributed by atoms with Crippen LogP contribution in [0.2, 0.25) is 0 Å². The Labute approximate surface area is 184 Å². The minimum atomic E-state index is -4.19. The molecule has 9 heteroatoms. The topological polar surface area (TPSA) is 118 Å². The van der Waals surface area contributed by atoms with Crippen molar-refractivity contribution in [3.8, 4) is 0 Å². The van der Waals surface area contributed by atoms with E-state index in [-0.39, 0.29) is 16.4 Å². The van der Waals surface area contributed by atoms with Gasteiger partial charge in [0, 0.05) is 13.1 Å². The summed E-state index contributed by atoms with van der Waals surface area (Å²) in [5.41, 5.74) is 7.15. The molecule has 0 radical (unpaired) electrons. The van der Waals surface area contributed by atoms with E-state index < -0.39 is 15.9 Å². The number of anilines is 2. The molecule has 0 saturated carbocycles. The quantitative estimate of drug-likeness (QED) is 0.575. The van der Waals surface area contributed by atoms with Gasteiger partial charge in [0.15, 0.2) is 5.03 Å². The van der Waals surface area contributed by atoms with Crippen LogP contribution < -0.4 is 15.4 Å². The maximum absolute atomic E-state index is 13.0.